The van der Waals surface area contributed by atoms with Crippen molar-refractivity contribution in [1.82, 2.24) is 4.90 Å². The first-order valence-corrected chi connectivity index (χ1v) is 6.83. The van der Waals surface area contributed by atoms with Gasteiger partial charge >= 0.3 is 5.97 Å². The van der Waals surface area contributed by atoms with E-state index in [0.29, 0.717) is 5.75 Å². The molecule has 0 aromatic heterocycles. The minimum Gasteiger partial charge on any atom is -0.480 e. The third kappa shape index (κ3) is 3.49. The summed E-state index contributed by atoms with van der Waals surface area (Å²) >= 11 is 1.56. The van der Waals surface area contributed by atoms with Crippen molar-refractivity contribution in [2.24, 2.45) is 0 Å². The van der Waals surface area contributed by atoms with Gasteiger partial charge in [-0.15, -0.1) is 11.8 Å². The Balaban J connectivity index is 2.89. The number of amides is 1. The summed E-state index contributed by atoms with van der Waals surface area (Å²) < 4.78 is 0. The minimum absolute atomic E-state index is 0.00389. The van der Waals surface area contributed by atoms with Crippen molar-refractivity contribution >= 4 is 23.6 Å². The monoisotopic (exact) mass is 257 g/mol. The minimum atomic E-state index is -0.911. The summed E-state index contributed by atoms with van der Waals surface area (Å²) in [5, 5.41) is 9.13. The van der Waals surface area contributed by atoms with Crippen molar-refractivity contribution in [3.05, 3.63) is 11.6 Å². The molecule has 1 heterocycles. The molecule has 1 aliphatic rings. The molecule has 1 fully saturated rings. The highest BCUT2D eigenvalue weighted by Gasteiger charge is 2.40. The van der Waals surface area contributed by atoms with Crippen LogP contribution in [0.2, 0.25) is 0 Å². The van der Waals surface area contributed by atoms with Crippen LogP contribution in [0.15, 0.2) is 11.6 Å². The van der Waals surface area contributed by atoms with E-state index in [1.54, 1.807) is 11.8 Å². The molecule has 0 spiro atoms. The number of hydrogen-bond donors (Lipinski definition) is 1. The zero-order valence-corrected chi connectivity index (χ0v) is 11.3. The molecule has 1 aliphatic heterocycles. The summed E-state index contributed by atoms with van der Waals surface area (Å²) in [6.45, 7) is 5.72. The van der Waals surface area contributed by atoms with E-state index in [4.69, 9.17) is 5.11 Å². The Bertz CT molecular complexity index is 337. The lowest BCUT2D eigenvalue weighted by atomic mass is 10.2. The van der Waals surface area contributed by atoms with Crippen LogP contribution >= 0.6 is 11.8 Å². The summed E-state index contributed by atoms with van der Waals surface area (Å²) in [7, 11) is 0. The molecule has 1 rings (SSSR count). The smallest absolute Gasteiger partial charge is 0.327 e. The second kappa shape index (κ2) is 6.10. The molecule has 0 aliphatic carbocycles. The SMILES string of the molecule is CCC[C@H]1SC[C@H](C(=O)O)N1C(=O)C=C(C)C. The van der Waals surface area contributed by atoms with Crippen LogP contribution < -0.4 is 0 Å². The Morgan fingerprint density at radius 3 is 2.59 bits per heavy atom. The first kappa shape index (κ1) is 14.1. The van der Waals surface area contributed by atoms with Gasteiger partial charge in [0, 0.05) is 11.8 Å². The largest absolute Gasteiger partial charge is 0.480 e. The number of hydrogen-bond acceptors (Lipinski definition) is 3. The van der Waals surface area contributed by atoms with Crippen molar-refractivity contribution in [2.45, 2.75) is 45.0 Å². The van der Waals surface area contributed by atoms with Crippen LogP contribution in [0.25, 0.3) is 0 Å². The highest BCUT2D eigenvalue weighted by Crippen LogP contribution is 2.32. The van der Waals surface area contributed by atoms with E-state index in [1.165, 1.54) is 11.0 Å². The predicted octanol–water partition coefficient (Wildman–Crippen LogP) is 2.11. The van der Waals surface area contributed by atoms with Gasteiger partial charge in [-0.25, -0.2) is 4.79 Å². The molecule has 5 heteroatoms. The van der Waals surface area contributed by atoms with Crippen molar-refractivity contribution < 1.29 is 14.7 Å². The number of carbonyl (C=O) groups is 2. The normalized spacial score (nSPS) is 23.6. The molecule has 1 amide bonds. The standard InChI is InChI=1S/C12H19NO3S/c1-4-5-11-13(10(14)6-8(2)3)9(7-17-11)12(15)16/h6,9,11H,4-5,7H2,1-3H3,(H,15,16)/t9-,11-/m1/s1. The highest BCUT2D eigenvalue weighted by molar-refractivity contribution is 8.00. The van der Waals surface area contributed by atoms with Crippen molar-refractivity contribution in [3.8, 4) is 0 Å². The maximum atomic E-state index is 12.0. The Hall–Kier alpha value is -0.970. The van der Waals surface area contributed by atoms with E-state index in [1.807, 2.05) is 20.8 Å². The van der Waals surface area contributed by atoms with Crippen molar-refractivity contribution in [2.75, 3.05) is 5.75 Å². The van der Waals surface area contributed by atoms with Gasteiger partial charge in [0.05, 0.1) is 5.37 Å². The quantitative estimate of drug-likeness (QED) is 0.784. The molecule has 0 aromatic rings. The van der Waals surface area contributed by atoms with Crippen LogP contribution in [0, 0.1) is 0 Å². The van der Waals surface area contributed by atoms with E-state index in [2.05, 4.69) is 0 Å². The second-order valence-corrected chi connectivity index (χ2v) is 5.61. The van der Waals surface area contributed by atoms with Gasteiger partial charge in [0.25, 0.3) is 0 Å². The summed E-state index contributed by atoms with van der Waals surface area (Å²) in [5.41, 5.74) is 0.895. The Morgan fingerprint density at radius 1 is 1.47 bits per heavy atom. The van der Waals surface area contributed by atoms with Gasteiger partial charge in [-0.05, 0) is 20.3 Å². The number of carboxylic acids is 1. The molecule has 1 N–H and O–H groups in total. The lowest BCUT2D eigenvalue weighted by molar-refractivity contribution is -0.147. The average molecular weight is 257 g/mol. The van der Waals surface area contributed by atoms with Crippen LogP contribution in [0.1, 0.15) is 33.6 Å². The number of aliphatic carboxylic acids is 1. The predicted molar refractivity (Wildman–Crippen MR) is 68.9 cm³/mol. The van der Waals surface area contributed by atoms with Crippen LogP contribution in [-0.4, -0.2) is 39.1 Å². The van der Waals surface area contributed by atoms with E-state index in [9.17, 15) is 9.59 Å². The molecule has 96 valence electrons. The maximum absolute atomic E-state index is 12.0. The van der Waals surface area contributed by atoms with Crippen molar-refractivity contribution in [3.63, 3.8) is 0 Å². The first-order chi connectivity index (χ1) is 7.97. The number of carboxylic acid groups (broad SMARTS) is 1. The topological polar surface area (TPSA) is 57.6 Å². The average Bonchev–Trinajstić information content (AvgIpc) is 2.61. The lowest BCUT2D eigenvalue weighted by Gasteiger charge is -2.26. The van der Waals surface area contributed by atoms with Gasteiger partial charge in [-0.3, -0.25) is 4.79 Å². The zero-order chi connectivity index (χ0) is 13.0. The molecule has 0 radical (unpaired) electrons. The Morgan fingerprint density at radius 2 is 2.12 bits per heavy atom. The molecule has 0 unspecified atom stereocenters. The number of nitrogens with zero attached hydrogens (tertiary/aromatic N) is 1. The van der Waals surface area contributed by atoms with Gasteiger partial charge in [0.2, 0.25) is 5.91 Å². The third-order valence-corrected chi connectivity index (χ3v) is 3.94. The van der Waals surface area contributed by atoms with Crippen LogP contribution in [0.3, 0.4) is 0 Å². The lowest BCUT2D eigenvalue weighted by Crippen LogP contribution is -2.44. The van der Waals surface area contributed by atoms with Crippen LogP contribution in [0.5, 0.6) is 0 Å². The van der Waals surface area contributed by atoms with Gasteiger partial charge in [-0.1, -0.05) is 18.9 Å². The number of rotatable bonds is 4. The highest BCUT2D eigenvalue weighted by atomic mass is 32.2. The van der Waals surface area contributed by atoms with Gasteiger partial charge in [0.1, 0.15) is 6.04 Å². The van der Waals surface area contributed by atoms with Gasteiger partial charge < -0.3 is 10.0 Å². The molecule has 4 nitrogen and oxygen atoms in total. The molecule has 0 bridgehead atoms. The molecule has 0 saturated carbocycles. The summed E-state index contributed by atoms with van der Waals surface area (Å²) in [4.78, 5) is 24.7. The summed E-state index contributed by atoms with van der Waals surface area (Å²) in [6, 6.07) is -0.681. The Kier molecular flexibility index (Phi) is 5.05. The number of thioether (sulfide) groups is 1. The molecular weight excluding hydrogens is 238 g/mol. The zero-order valence-electron chi connectivity index (χ0n) is 10.5. The van der Waals surface area contributed by atoms with E-state index in [0.717, 1.165) is 18.4 Å². The number of carbonyl (C=O) groups excluding carboxylic acids is 1. The molecule has 2 atom stereocenters. The fourth-order valence-electron chi connectivity index (χ4n) is 1.84. The van der Waals surface area contributed by atoms with Gasteiger partial charge in [-0.2, -0.15) is 0 Å². The van der Waals surface area contributed by atoms with E-state index >= 15 is 0 Å². The number of allylic oxidation sites excluding steroid dienone is 1. The van der Waals surface area contributed by atoms with E-state index < -0.39 is 12.0 Å². The van der Waals surface area contributed by atoms with Crippen LogP contribution in [-0.2, 0) is 9.59 Å². The molecule has 17 heavy (non-hydrogen) atoms. The van der Waals surface area contributed by atoms with Gasteiger partial charge in [0.15, 0.2) is 0 Å². The summed E-state index contributed by atoms with van der Waals surface area (Å²) in [6.07, 6.45) is 3.31. The Labute approximate surface area is 106 Å². The molecule has 1 saturated heterocycles. The fourth-order valence-corrected chi connectivity index (χ4v) is 3.36. The van der Waals surface area contributed by atoms with E-state index in [-0.39, 0.29) is 11.3 Å². The second-order valence-electron chi connectivity index (χ2n) is 4.40. The first-order valence-electron chi connectivity index (χ1n) is 5.79. The maximum Gasteiger partial charge on any atom is 0.327 e. The summed E-state index contributed by atoms with van der Waals surface area (Å²) in [5.74, 6) is -0.602. The molecular formula is C12H19NO3S. The third-order valence-electron chi connectivity index (χ3n) is 2.58. The fraction of sp³-hybridized carbons (Fsp3) is 0.667. The molecule has 0 aromatic carbocycles. The van der Waals surface area contributed by atoms with Crippen molar-refractivity contribution in [1.29, 1.82) is 0 Å². The van der Waals surface area contributed by atoms with Crippen LogP contribution in [0.4, 0.5) is 0 Å².